The highest BCUT2D eigenvalue weighted by Crippen LogP contribution is 1.81. The Morgan fingerprint density at radius 2 is 0.895 bits per heavy atom. The van der Waals surface area contributed by atoms with Crippen LogP contribution in [0, 0.1) is 0 Å². The first kappa shape index (κ1) is 17.3. The molecule has 2 rings (SSSR count). The molecule has 2 aromatic rings. The van der Waals surface area contributed by atoms with E-state index in [0.717, 1.165) is 0 Å². The van der Waals surface area contributed by atoms with Crippen LogP contribution >= 0.6 is 0 Å². The van der Waals surface area contributed by atoms with Crippen LogP contribution in [0.25, 0.3) is 0 Å². The zero-order chi connectivity index (χ0) is 14.2. The summed E-state index contributed by atoms with van der Waals surface area (Å²) in [6.45, 7) is 10.1. The third-order valence-corrected chi connectivity index (χ3v) is 2.47. The van der Waals surface area contributed by atoms with E-state index in [1.54, 1.807) is 24.8 Å². The van der Waals surface area contributed by atoms with Crippen molar-refractivity contribution in [2.45, 2.75) is 20.8 Å². The molecule has 0 saturated carbocycles. The molecule has 3 nitrogen and oxygen atoms in total. The SMILES string of the molecule is CCN(CC)CC.c1ccncc1.c1ccncc1. The summed E-state index contributed by atoms with van der Waals surface area (Å²) in [6.07, 6.45) is 7.00. The van der Waals surface area contributed by atoms with E-state index in [0.29, 0.717) is 0 Å². The Morgan fingerprint density at radius 3 is 0.947 bits per heavy atom. The Kier molecular flexibility index (Phi) is 13.0. The molecule has 0 bridgehead atoms. The topological polar surface area (TPSA) is 29.0 Å². The number of nitrogens with zero attached hydrogens (tertiary/aromatic N) is 3. The van der Waals surface area contributed by atoms with Crippen molar-refractivity contribution in [1.29, 1.82) is 0 Å². The molecule has 104 valence electrons. The monoisotopic (exact) mass is 259 g/mol. The summed E-state index contributed by atoms with van der Waals surface area (Å²) in [5.41, 5.74) is 0. The van der Waals surface area contributed by atoms with E-state index in [4.69, 9.17) is 0 Å². The molecular weight excluding hydrogens is 234 g/mol. The molecule has 0 aliphatic rings. The van der Waals surface area contributed by atoms with Gasteiger partial charge in [-0.25, -0.2) is 0 Å². The molecule has 0 atom stereocenters. The van der Waals surface area contributed by atoms with Crippen LogP contribution in [0.1, 0.15) is 20.8 Å². The van der Waals surface area contributed by atoms with Gasteiger partial charge in [0.05, 0.1) is 0 Å². The molecule has 0 amide bonds. The summed E-state index contributed by atoms with van der Waals surface area (Å²) in [5.74, 6) is 0. The van der Waals surface area contributed by atoms with E-state index >= 15 is 0 Å². The van der Waals surface area contributed by atoms with Crippen molar-refractivity contribution in [3.63, 3.8) is 0 Å². The average molecular weight is 259 g/mol. The smallest absolute Gasteiger partial charge is 0.0267 e. The van der Waals surface area contributed by atoms with Crippen LogP contribution in [0.4, 0.5) is 0 Å². The fraction of sp³-hybridized carbons (Fsp3) is 0.375. The second-order valence-corrected chi connectivity index (χ2v) is 3.67. The normalized spacial score (nSPS) is 8.84. The predicted octanol–water partition coefficient (Wildman–Crippen LogP) is 3.51. The molecule has 0 unspecified atom stereocenters. The molecule has 0 aliphatic heterocycles. The maximum Gasteiger partial charge on any atom is 0.0267 e. The number of hydrogen-bond acceptors (Lipinski definition) is 3. The molecule has 0 saturated heterocycles. The van der Waals surface area contributed by atoms with Crippen LogP contribution in [-0.2, 0) is 0 Å². The lowest BCUT2D eigenvalue weighted by molar-refractivity contribution is 0.321. The molecule has 0 radical (unpaired) electrons. The molecular formula is C16H25N3. The average Bonchev–Trinajstić information content (AvgIpc) is 2.54. The fourth-order valence-corrected chi connectivity index (χ4v) is 1.30. The first-order valence-electron chi connectivity index (χ1n) is 6.77. The number of aromatic nitrogens is 2. The van der Waals surface area contributed by atoms with E-state index < -0.39 is 0 Å². The minimum atomic E-state index is 1.19. The van der Waals surface area contributed by atoms with Gasteiger partial charge in [-0.1, -0.05) is 32.9 Å². The molecule has 0 aromatic carbocycles. The minimum Gasteiger partial charge on any atom is -0.304 e. The zero-order valence-corrected chi connectivity index (χ0v) is 12.2. The van der Waals surface area contributed by atoms with Gasteiger partial charge < -0.3 is 4.90 Å². The summed E-state index contributed by atoms with van der Waals surface area (Å²) >= 11 is 0. The van der Waals surface area contributed by atoms with Crippen molar-refractivity contribution in [3.8, 4) is 0 Å². The van der Waals surface area contributed by atoms with Crippen LogP contribution in [0.3, 0.4) is 0 Å². The molecule has 2 aromatic heterocycles. The van der Waals surface area contributed by atoms with Crippen molar-refractivity contribution in [2.24, 2.45) is 0 Å². The minimum absolute atomic E-state index is 1.19. The Labute approximate surface area is 117 Å². The van der Waals surface area contributed by atoms with Crippen LogP contribution in [0.15, 0.2) is 61.2 Å². The second kappa shape index (κ2) is 14.3. The maximum atomic E-state index is 3.78. The van der Waals surface area contributed by atoms with Gasteiger partial charge >= 0.3 is 0 Å². The van der Waals surface area contributed by atoms with Crippen LogP contribution in [-0.4, -0.2) is 34.5 Å². The molecule has 2 heterocycles. The molecule has 0 fully saturated rings. The third kappa shape index (κ3) is 12.5. The standard InChI is InChI=1S/C6H15N.2C5H5N/c1-4-7(5-2)6-3;2*1-2-4-6-5-3-1/h4-6H2,1-3H3;2*1-5H. The summed E-state index contributed by atoms with van der Waals surface area (Å²) in [7, 11) is 0. The molecule has 3 heteroatoms. The van der Waals surface area contributed by atoms with Gasteiger partial charge in [0.15, 0.2) is 0 Å². The predicted molar refractivity (Wildman–Crippen MR) is 81.9 cm³/mol. The molecule has 0 N–H and O–H groups in total. The lowest BCUT2D eigenvalue weighted by atomic mass is 10.5. The summed E-state index contributed by atoms with van der Waals surface area (Å²) in [4.78, 5) is 9.94. The Balaban J connectivity index is 0.000000256. The van der Waals surface area contributed by atoms with Crippen molar-refractivity contribution in [3.05, 3.63) is 61.2 Å². The van der Waals surface area contributed by atoms with Gasteiger partial charge in [0.1, 0.15) is 0 Å². The first-order valence-corrected chi connectivity index (χ1v) is 6.77. The Hall–Kier alpha value is -1.74. The van der Waals surface area contributed by atoms with Crippen LogP contribution in [0.2, 0.25) is 0 Å². The van der Waals surface area contributed by atoms with Crippen molar-refractivity contribution >= 4 is 0 Å². The van der Waals surface area contributed by atoms with Gasteiger partial charge in [-0.2, -0.15) is 0 Å². The van der Waals surface area contributed by atoms with Gasteiger partial charge in [0.2, 0.25) is 0 Å². The van der Waals surface area contributed by atoms with Crippen molar-refractivity contribution in [1.82, 2.24) is 14.9 Å². The summed E-state index contributed by atoms with van der Waals surface area (Å²) in [5, 5.41) is 0. The van der Waals surface area contributed by atoms with E-state index in [9.17, 15) is 0 Å². The van der Waals surface area contributed by atoms with E-state index in [1.165, 1.54) is 19.6 Å². The number of hydrogen-bond donors (Lipinski definition) is 0. The van der Waals surface area contributed by atoms with Crippen LogP contribution in [0.5, 0.6) is 0 Å². The highest BCUT2D eigenvalue weighted by atomic mass is 15.1. The Morgan fingerprint density at radius 1 is 0.579 bits per heavy atom. The van der Waals surface area contributed by atoms with Gasteiger partial charge in [-0.15, -0.1) is 0 Å². The summed E-state index contributed by atoms with van der Waals surface area (Å²) in [6, 6.07) is 11.4. The second-order valence-electron chi connectivity index (χ2n) is 3.67. The maximum absolute atomic E-state index is 3.78. The largest absolute Gasteiger partial charge is 0.304 e. The van der Waals surface area contributed by atoms with E-state index in [-0.39, 0.29) is 0 Å². The Bertz CT molecular complexity index is 256. The van der Waals surface area contributed by atoms with Crippen molar-refractivity contribution < 1.29 is 0 Å². The van der Waals surface area contributed by atoms with Crippen molar-refractivity contribution in [2.75, 3.05) is 19.6 Å². The zero-order valence-electron chi connectivity index (χ0n) is 12.2. The van der Waals surface area contributed by atoms with Gasteiger partial charge in [0.25, 0.3) is 0 Å². The highest BCUT2D eigenvalue weighted by molar-refractivity contribution is 4.88. The lowest BCUT2D eigenvalue weighted by Crippen LogP contribution is -2.21. The molecule has 19 heavy (non-hydrogen) atoms. The first-order chi connectivity index (χ1) is 9.35. The van der Waals surface area contributed by atoms with E-state index in [2.05, 4.69) is 35.6 Å². The van der Waals surface area contributed by atoms with Crippen LogP contribution < -0.4 is 0 Å². The number of rotatable bonds is 3. The lowest BCUT2D eigenvalue weighted by Gasteiger charge is -2.13. The third-order valence-electron chi connectivity index (χ3n) is 2.47. The quantitative estimate of drug-likeness (QED) is 0.844. The summed E-state index contributed by atoms with van der Waals surface area (Å²) < 4.78 is 0. The molecule has 0 spiro atoms. The van der Waals surface area contributed by atoms with Gasteiger partial charge in [-0.05, 0) is 43.9 Å². The van der Waals surface area contributed by atoms with Gasteiger partial charge in [0, 0.05) is 24.8 Å². The molecule has 0 aliphatic carbocycles. The number of pyridine rings is 2. The highest BCUT2D eigenvalue weighted by Gasteiger charge is 1.89. The van der Waals surface area contributed by atoms with Gasteiger partial charge in [-0.3, -0.25) is 9.97 Å². The van der Waals surface area contributed by atoms with E-state index in [1.807, 2.05) is 36.4 Å². The fourth-order valence-electron chi connectivity index (χ4n) is 1.30.